The highest BCUT2D eigenvalue weighted by atomic mass is 35.5. The summed E-state index contributed by atoms with van der Waals surface area (Å²) in [5, 5.41) is 17.7. The van der Waals surface area contributed by atoms with Gasteiger partial charge in [0.25, 0.3) is 0 Å². The third-order valence-corrected chi connectivity index (χ3v) is 2.45. The summed E-state index contributed by atoms with van der Waals surface area (Å²) < 4.78 is 0. The van der Waals surface area contributed by atoms with Gasteiger partial charge in [-0.2, -0.15) is 5.26 Å². The number of carboxylic acid groups (broad SMARTS) is 1. The first-order valence-corrected chi connectivity index (χ1v) is 4.50. The Kier molecular flexibility index (Phi) is 3.39. The number of aliphatic carboxylic acids is 1. The Bertz CT molecular complexity index is 426. The molecule has 0 spiro atoms. The maximum Gasteiger partial charge on any atom is 0.307 e. The largest absolute Gasteiger partial charge is 0.481 e. The number of rotatable bonds is 2. The van der Waals surface area contributed by atoms with Gasteiger partial charge in [0.2, 0.25) is 0 Å². The van der Waals surface area contributed by atoms with Crippen LogP contribution in [0.25, 0.3) is 0 Å². The van der Waals surface area contributed by atoms with Crippen molar-refractivity contribution in [2.45, 2.75) is 11.3 Å². The minimum absolute atomic E-state index is 0.212. The second-order valence-electron chi connectivity index (χ2n) is 2.64. The number of benzene rings is 1. The molecule has 0 aliphatic carbocycles. The first-order valence-electron chi connectivity index (χ1n) is 3.68. The van der Waals surface area contributed by atoms with Crippen LogP contribution in [0.15, 0.2) is 17.0 Å². The first-order chi connectivity index (χ1) is 6.54. The summed E-state index contributed by atoms with van der Waals surface area (Å²) in [6, 6.07) is 4.82. The van der Waals surface area contributed by atoms with E-state index >= 15 is 0 Å². The first kappa shape index (κ1) is 10.9. The Balaban J connectivity index is 3.22. The molecular weight excluding hydrogens is 222 g/mol. The SMILES string of the molecule is N#Cc1cc(S)c(Cl)cc1CC(=O)O. The molecule has 1 rings (SSSR count). The lowest BCUT2D eigenvalue weighted by Crippen LogP contribution is -2.02. The zero-order valence-electron chi connectivity index (χ0n) is 6.99. The summed E-state index contributed by atoms with van der Waals surface area (Å²) in [6.45, 7) is 0. The maximum absolute atomic E-state index is 10.5. The van der Waals surface area contributed by atoms with E-state index in [1.54, 1.807) is 0 Å². The molecule has 72 valence electrons. The Labute approximate surface area is 91.3 Å². The second kappa shape index (κ2) is 4.36. The van der Waals surface area contributed by atoms with Crippen LogP contribution >= 0.6 is 24.2 Å². The van der Waals surface area contributed by atoms with Crippen molar-refractivity contribution in [2.24, 2.45) is 0 Å². The van der Waals surface area contributed by atoms with Crippen LogP contribution in [0.2, 0.25) is 5.02 Å². The number of carboxylic acids is 1. The van der Waals surface area contributed by atoms with E-state index in [0.717, 1.165) is 0 Å². The Morgan fingerprint density at radius 3 is 2.79 bits per heavy atom. The number of nitrogens with zero attached hydrogens (tertiary/aromatic N) is 1. The highest BCUT2D eigenvalue weighted by Gasteiger charge is 2.09. The number of carbonyl (C=O) groups is 1. The van der Waals surface area contributed by atoms with E-state index in [1.807, 2.05) is 6.07 Å². The van der Waals surface area contributed by atoms with Gasteiger partial charge in [0.15, 0.2) is 0 Å². The van der Waals surface area contributed by atoms with Crippen molar-refractivity contribution in [3.8, 4) is 6.07 Å². The number of hydrogen-bond acceptors (Lipinski definition) is 3. The summed E-state index contributed by atoms with van der Waals surface area (Å²) in [6.07, 6.45) is -0.212. The van der Waals surface area contributed by atoms with Crippen LogP contribution in [-0.4, -0.2) is 11.1 Å². The van der Waals surface area contributed by atoms with Crippen molar-refractivity contribution in [2.75, 3.05) is 0 Å². The number of nitriles is 1. The topological polar surface area (TPSA) is 61.1 Å². The van der Waals surface area contributed by atoms with Gasteiger partial charge in [0.05, 0.1) is 23.1 Å². The molecule has 1 N–H and O–H groups in total. The van der Waals surface area contributed by atoms with Crippen molar-refractivity contribution >= 4 is 30.2 Å². The van der Waals surface area contributed by atoms with Crippen LogP contribution in [0.4, 0.5) is 0 Å². The Hall–Kier alpha value is -1.18. The molecule has 0 aliphatic rings. The molecule has 0 fully saturated rings. The fraction of sp³-hybridized carbons (Fsp3) is 0.111. The third kappa shape index (κ3) is 2.41. The van der Waals surface area contributed by atoms with Gasteiger partial charge in [-0.15, -0.1) is 12.6 Å². The van der Waals surface area contributed by atoms with Crippen molar-refractivity contribution < 1.29 is 9.90 Å². The van der Waals surface area contributed by atoms with Gasteiger partial charge >= 0.3 is 5.97 Å². The molecule has 0 aliphatic heterocycles. The Morgan fingerprint density at radius 1 is 1.64 bits per heavy atom. The summed E-state index contributed by atoms with van der Waals surface area (Å²) >= 11 is 9.78. The van der Waals surface area contributed by atoms with Gasteiger partial charge in [-0.25, -0.2) is 0 Å². The second-order valence-corrected chi connectivity index (χ2v) is 3.53. The molecule has 0 saturated carbocycles. The third-order valence-electron chi connectivity index (χ3n) is 1.63. The molecule has 0 radical (unpaired) electrons. The van der Waals surface area contributed by atoms with Gasteiger partial charge in [0, 0.05) is 4.90 Å². The van der Waals surface area contributed by atoms with Crippen LogP contribution < -0.4 is 0 Å². The number of thiol groups is 1. The van der Waals surface area contributed by atoms with Crippen molar-refractivity contribution in [3.05, 3.63) is 28.3 Å². The monoisotopic (exact) mass is 227 g/mol. The van der Waals surface area contributed by atoms with Gasteiger partial charge in [-0.05, 0) is 17.7 Å². The molecular formula is C9H6ClNO2S. The fourth-order valence-corrected chi connectivity index (χ4v) is 1.40. The normalized spacial score (nSPS) is 9.50. The quantitative estimate of drug-likeness (QED) is 0.761. The molecule has 0 saturated heterocycles. The van der Waals surface area contributed by atoms with Crippen molar-refractivity contribution in [1.82, 2.24) is 0 Å². The summed E-state index contributed by atoms with van der Waals surface area (Å²) in [5.41, 5.74) is 0.699. The van der Waals surface area contributed by atoms with Gasteiger partial charge < -0.3 is 5.11 Å². The smallest absolute Gasteiger partial charge is 0.307 e. The predicted octanol–water partition coefficient (Wildman–Crippen LogP) is 2.13. The summed E-state index contributed by atoms with van der Waals surface area (Å²) in [5.74, 6) is -0.996. The lowest BCUT2D eigenvalue weighted by molar-refractivity contribution is -0.136. The molecule has 1 aromatic rings. The molecule has 14 heavy (non-hydrogen) atoms. The fourth-order valence-electron chi connectivity index (χ4n) is 1.02. The minimum atomic E-state index is -0.996. The molecule has 0 heterocycles. The molecule has 1 aromatic carbocycles. The minimum Gasteiger partial charge on any atom is -0.481 e. The molecule has 0 aromatic heterocycles. The van der Waals surface area contributed by atoms with E-state index in [-0.39, 0.29) is 6.42 Å². The highest BCUT2D eigenvalue weighted by Crippen LogP contribution is 2.24. The summed E-state index contributed by atoms with van der Waals surface area (Å²) in [7, 11) is 0. The number of halogens is 1. The van der Waals surface area contributed by atoms with E-state index in [0.29, 0.717) is 21.0 Å². The highest BCUT2D eigenvalue weighted by molar-refractivity contribution is 7.80. The predicted molar refractivity (Wildman–Crippen MR) is 54.8 cm³/mol. The van der Waals surface area contributed by atoms with Crippen LogP contribution in [0.5, 0.6) is 0 Å². The standard InChI is InChI=1S/C9H6ClNO2S/c10-7-1-5(3-9(12)13)6(4-11)2-8(7)14/h1-2,14H,3H2,(H,12,13). The molecule has 0 bridgehead atoms. The van der Waals surface area contributed by atoms with E-state index in [4.69, 9.17) is 22.0 Å². The van der Waals surface area contributed by atoms with Gasteiger partial charge in [0.1, 0.15) is 0 Å². The van der Waals surface area contributed by atoms with Crippen LogP contribution in [0.1, 0.15) is 11.1 Å². The van der Waals surface area contributed by atoms with E-state index in [9.17, 15) is 4.79 Å². The van der Waals surface area contributed by atoms with Crippen LogP contribution in [0, 0.1) is 11.3 Å². The van der Waals surface area contributed by atoms with E-state index < -0.39 is 5.97 Å². The molecule has 3 nitrogen and oxygen atoms in total. The van der Waals surface area contributed by atoms with Crippen LogP contribution in [-0.2, 0) is 11.2 Å². The average Bonchev–Trinajstić information content (AvgIpc) is 2.10. The van der Waals surface area contributed by atoms with Crippen LogP contribution in [0.3, 0.4) is 0 Å². The molecule has 5 heteroatoms. The average molecular weight is 228 g/mol. The van der Waals surface area contributed by atoms with Gasteiger partial charge in [-0.3, -0.25) is 4.79 Å². The van der Waals surface area contributed by atoms with Gasteiger partial charge in [-0.1, -0.05) is 11.6 Å². The molecule has 0 amide bonds. The zero-order valence-corrected chi connectivity index (χ0v) is 8.64. The number of hydrogen-bond donors (Lipinski definition) is 2. The lowest BCUT2D eigenvalue weighted by atomic mass is 10.1. The van der Waals surface area contributed by atoms with E-state index in [1.165, 1.54) is 12.1 Å². The molecule has 0 atom stereocenters. The summed E-state index contributed by atoms with van der Waals surface area (Å²) in [4.78, 5) is 10.9. The van der Waals surface area contributed by atoms with E-state index in [2.05, 4.69) is 12.6 Å². The lowest BCUT2D eigenvalue weighted by Gasteiger charge is -2.03. The van der Waals surface area contributed by atoms with Crippen molar-refractivity contribution in [1.29, 1.82) is 5.26 Å². The molecule has 0 unspecified atom stereocenters. The maximum atomic E-state index is 10.5. The Morgan fingerprint density at radius 2 is 2.29 bits per heavy atom. The zero-order chi connectivity index (χ0) is 10.7. The van der Waals surface area contributed by atoms with Crippen molar-refractivity contribution in [3.63, 3.8) is 0 Å².